The van der Waals surface area contributed by atoms with Gasteiger partial charge in [0, 0.05) is 29.1 Å². The Morgan fingerprint density at radius 1 is 0.811 bits per heavy atom. The molecule has 1 aromatic heterocycles. The minimum Gasteiger partial charge on any atom is -0.497 e. The van der Waals surface area contributed by atoms with Crippen molar-refractivity contribution in [3.8, 4) is 17.0 Å². The summed E-state index contributed by atoms with van der Waals surface area (Å²) in [5.41, 5.74) is 3.96. The van der Waals surface area contributed by atoms with E-state index >= 15 is 0 Å². The Hall–Kier alpha value is -4.89. The zero-order valence-electron chi connectivity index (χ0n) is 19.8. The normalized spacial score (nSPS) is 10.9. The number of para-hydroxylation sites is 2. The molecular weight excluding hydrogens is 486 g/mol. The van der Waals surface area contributed by atoms with Crippen molar-refractivity contribution in [2.75, 3.05) is 12.0 Å². The minimum absolute atomic E-state index is 0.000637. The van der Waals surface area contributed by atoms with Crippen LogP contribution in [0, 0.1) is 10.1 Å². The largest absolute Gasteiger partial charge is 0.497 e. The Morgan fingerprint density at radius 2 is 1.41 bits per heavy atom. The van der Waals surface area contributed by atoms with Crippen LogP contribution < -0.4 is 9.64 Å². The fourth-order valence-electron chi connectivity index (χ4n) is 3.67. The summed E-state index contributed by atoms with van der Waals surface area (Å²) >= 11 is 1.40. The highest BCUT2D eigenvalue weighted by Crippen LogP contribution is 2.45. The molecular formula is C28H21N5O3S. The molecule has 0 radical (unpaired) electrons. The van der Waals surface area contributed by atoms with Gasteiger partial charge in [-0.25, -0.2) is 4.98 Å². The van der Waals surface area contributed by atoms with Gasteiger partial charge in [-0.15, -0.1) is 10.2 Å². The molecule has 4 aromatic carbocycles. The summed E-state index contributed by atoms with van der Waals surface area (Å²) in [6.45, 7) is 0. The van der Waals surface area contributed by atoms with E-state index in [4.69, 9.17) is 9.72 Å². The molecule has 0 bridgehead atoms. The molecule has 0 aliphatic rings. The highest BCUT2D eigenvalue weighted by molar-refractivity contribution is 7.19. The van der Waals surface area contributed by atoms with Gasteiger partial charge in [0.15, 0.2) is 10.1 Å². The Labute approximate surface area is 217 Å². The van der Waals surface area contributed by atoms with Crippen molar-refractivity contribution >= 4 is 44.2 Å². The van der Waals surface area contributed by atoms with Gasteiger partial charge in [-0.1, -0.05) is 47.7 Å². The molecule has 0 aliphatic heterocycles. The van der Waals surface area contributed by atoms with E-state index in [1.807, 2.05) is 84.9 Å². The van der Waals surface area contributed by atoms with E-state index in [2.05, 4.69) is 15.1 Å². The first-order valence-electron chi connectivity index (χ1n) is 11.3. The van der Waals surface area contributed by atoms with Crippen LogP contribution in [0.25, 0.3) is 11.3 Å². The van der Waals surface area contributed by atoms with Crippen LogP contribution in [0.15, 0.2) is 119 Å². The fourth-order valence-corrected chi connectivity index (χ4v) is 4.62. The molecule has 0 spiro atoms. The molecule has 182 valence electrons. The topological polar surface area (TPSA) is 93.2 Å². The van der Waals surface area contributed by atoms with Gasteiger partial charge in [-0.3, -0.25) is 15.0 Å². The number of nitro groups is 1. The number of methoxy groups -OCH3 is 1. The summed E-state index contributed by atoms with van der Waals surface area (Å²) in [6, 6.07) is 33.5. The molecule has 5 rings (SSSR count). The Balaban J connectivity index is 1.61. The number of hydrogen-bond donors (Lipinski definition) is 0. The van der Waals surface area contributed by atoms with Crippen molar-refractivity contribution < 1.29 is 9.66 Å². The van der Waals surface area contributed by atoms with E-state index in [0.717, 1.165) is 27.8 Å². The predicted octanol–water partition coefficient (Wildman–Crippen LogP) is 8.61. The lowest BCUT2D eigenvalue weighted by atomic mass is 10.1. The average Bonchev–Trinajstić information content (AvgIpc) is 3.37. The molecule has 0 unspecified atom stereocenters. The minimum atomic E-state index is -0.445. The van der Waals surface area contributed by atoms with E-state index in [1.165, 1.54) is 23.5 Å². The Kier molecular flexibility index (Phi) is 6.95. The lowest BCUT2D eigenvalue weighted by Gasteiger charge is -2.22. The Morgan fingerprint density at radius 3 is 1.95 bits per heavy atom. The van der Waals surface area contributed by atoms with Crippen molar-refractivity contribution in [3.63, 3.8) is 0 Å². The van der Waals surface area contributed by atoms with Crippen LogP contribution in [0.5, 0.6) is 5.75 Å². The first-order valence-corrected chi connectivity index (χ1v) is 12.2. The third kappa shape index (κ3) is 5.36. The standard InChI is InChI=1S/C28H21N5O3S/c1-36-25-18-12-20(13-19-25)26-27(31-30-21-14-16-24(17-15-21)33(34)35)37-28(29-26)32(22-8-4-2-5-9-22)23-10-6-3-7-11-23/h2-19H,1H3. The van der Waals surface area contributed by atoms with Gasteiger partial charge < -0.3 is 4.74 Å². The summed E-state index contributed by atoms with van der Waals surface area (Å²) in [5.74, 6) is 0.739. The quantitative estimate of drug-likeness (QED) is 0.119. The maximum absolute atomic E-state index is 11.0. The number of rotatable bonds is 8. The van der Waals surface area contributed by atoms with Gasteiger partial charge in [0.1, 0.15) is 11.4 Å². The number of aromatic nitrogens is 1. The zero-order valence-corrected chi connectivity index (χ0v) is 20.6. The molecule has 1 heterocycles. The average molecular weight is 508 g/mol. The van der Waals surface area contributed by atoms with Gasteiger partial charge in [-0.05, 0) is 60.7 Å². The molecule has 0 N–H and O–H groups in total. The number of non-ortho nitro benzene ring substituents is 1. The number of benzene rings is 4. The molecule has 0 amide bonds. The number of hydrogen-bond acceptors (Lipinski definition) is 8. The van der Waals surface area contributed by atoms with E-state index < -0.39 is 4.92 Å². The second-order valence-corrected chi connectivity index (χ2v) is 8.81. The fraction of sp³-hybridized carbons (Fsp3) is 0.0357. The molecule has 0 saturated heterocycles. The van der Waals surface area contributed by atoms with E-state index in [0.29, 0.717) is 16.4 Å². The molecule has 0 atom stereocenters. The molecule has 9 heteroatoms. The Bertz CT molecular complexity index is 1480. The van der Waals surface area contributed by atoms with Crippen LogP contribution in [0.1, 0.15) is 0 Å². The third-order valence-corrected chi connectivity index (χ3v) is 6.42. The van der Waals surface area contributed by atoms with Gasteiger partial charge in [0.2, 0.25) is 0 Å². The van der Waals surface area contributed by atoms with Crippen molar-refractivity contribution in [1.82, 2.24) is 4.98 Å². The highest BCUT2D eigenvalue weighted by atomic mass is 32.1. The summed E-state index contributed by atoms with van der Waals surface area (Å²) in [4.78, 5) is 17.6. The van der Waals surface area contributed by atoms with E-state index in [9.17, 15) is 10.1 Å². The third-order valence-electron chi connectivity index (χ3n) is 5.50. The van der Waals surface area contributed by atoms with Gasteiger partial charge >= 0.3 is 0 Å². The van der Waals surface area contributed by atoms with Crippen LogP contribution >= 0.6 is 11.3 Å². The summed E-state index contributed by atoms with van der Waals surface area (Å²) in [5, 5.41) is 21.2. The molecule has 0 fully saturated rings. The second-order valence-electron chi connectivity index (χ2n) is 7.86. The zero-order chi connectivity index (χ0) is 25.6. The van der Waals surface area contributed by atoms with E-state index in [-0.39, 0.29) is 5.69 Å². The van der Waals surface area contributed by atoms with Crippen LogP contribution in [0.4, 0.5) is 32.9 Å². The van der Waals surface area contributed by atoms with Crippen molar-refractivity contribution in [1.29, 1.82) is 0 Å². The molecule has 0 aliphatic carbocycles. The number of nitro benzene ring substituents is 1. The van der Waals surface area contributed by atoms with Crippen molar-refractivity contribution in [2.24, 2.45) is 10.2 Å². The molecule has 37 heavy (non-hydrogen) atoms. The van der Waals surface area contributed by atoms with Crippen molar-refractivity contribution in [3.05, 3.63) is 119 Å². The number of thiazole rings is 1. The lowest BCUT2D eigenvalue weighted by Crippen LogP contribution is -2.09. The smallest absolute Gasteiger partial charge is 0.269 e. The maximum atomic E-state index is 11.0. The summed E-state index contributed by atoms with van der Waals surface area (Å²) in [7, 11) is 1.62. The molecule has 5 aromatic rings. The summed E-state index contributed by atoms with van der Waals surface area (Å²) in [6.07, 6.45) is 0. The molecule has 8 nitrogen and oxygen atoms in total. The maximum Gasteiger partial charge on any atom is 0.269 e. The second kappa shape index (κ2) is 10.8. The highest BCUT2D eigenvalue weighted by Gasteiger charge is 2.21. The van der Waals surface area contributed by atoms with E-state index in [1.54, 1.807) is 19.2 Å². The monoisotopic (exact) mass is 507 g/mol. The number of nitrogens with zero attached hydrogens (tertiary/aromatic N) is 5. The van der Waals surface area contributed by atoms with Crippen LogP contribution in [-0.2, 0) is 0 Å². The first kappa shape index (κ1) is 23.8. The predicted molar refractivity (Wildman–Crippen MR) is 146 cm³/mol. The SMILES string of the molecule is COc1ccc(-c2nc(N(c3ccccc3)c3ccccc3)sc2N=Nc2ccc([N+](=O)[O-])cc2)cc1. The molecule has 0 saturated carbocycles. The van der Waals surface area contributed by atoms with Crippen LogP contribution in [0.3, 0.4) is 0 Å². The van der Waals surface area contributed by atoms with Crippen LogP contribution in [-0.4, -0.2) is 17.0 Å². The number of ether oxygens (including phenoxy) is 1. The summed E-state index contributed by atoms with van der Waals surface area (Å²) < 4.78 is 5.31. The van der Waals surface area contributed by atoms with Gasteiger partial charge in [0.05, 0.1) is 17.7 Å². The van der Waals surface area contributed by atoms with Crippen molar-refractivity contribution in [2.45, 2.75) is 0 Å². The van der Waals surface area contributed by atoms with Gasteiger partial charge in [-0.2, -0.15) is 0 Å². The number of anilines is 3. The van der Waals surface area contributed by atoms with Crippen LogP contribution in [0.2, 0.25) is 0 Å². The van der Waals surface area contributed by atoms with Gasteiger partial charge in [0.25, 0.3) is 5.69 Å². The lowest BCUT2D eigenvalue weighted by molar-refractivity contribution is -0.384. The number of azo groups is 1. The first-order chi connectivity index (χ1) is 18.1.